The van der Waals surface area contributed by atoms with E-state index < -0.39 is 0 Å². The fourth-order valence-electron chi connectivity index (χ4n) is 4.62. The van der Waals surface area contributed by atoms with Crippen molar-refractivity contribution in [1.29, 1.82) is 0 Å². The highest BCUT2D eigenvalue weighted by Crippen LogP contribution is 2.46. The van der Waals surface area contributed by atoms with Gasteiger partial charge in [0.05, 0.1) is 6.04 Å². The Morgan fingerprint density at radius 1 is 0.633 bits per heavy atom. The lowest BCUT2D eigenvalue weighted by molar-refractivity contribution is 0.0687. The summed E-state index contributed by atoms with van der Waals surface area (Å²) in [6.07, 6.45) is 0. The summed E-state index contributed by atoms with van der Waals surface area (Å²) < 4.78 is 0. The average molecular weight is 389 g/mol. The molecular formula is C28H23NO. The number of nitrogens with zero attached hydrogens (tertiary/aromatic N) is 1. The fourth-order valence-corrected chi connectivity index (χ4v) is 4.62. The number of amides is 1. The van der Waals surface area contributed by atoms with Crippen LogP contribution in [-0.2, 0) is 0 Å². The highest BCUT2D eigenvalue weighted by Gasteiger charge is 2.39. The fraction of sp³-hybridized carbons (Fsp3) is 0.107. The first-order chi connectivity index (χ1) is 14.7. The molecule has 0 N–H and O–H groups in total. The Kier molecular flexibility index (Phi) is 4.68. The average Bonchev–Trinajstić information content (AvgIpc) is 2.82. The lowest BCUT2D eigenvalue weighted by Gasteiger charge is -2.41. The van der Waals surface area contributed by atoms with Crippen LogP contribution in [0.15, 0.2) is 109 Å². The van der Waals surface area contributed by atoms with Gasteiger partial charge in [-0.2, -0.15) is 0 Å². The molecule has 146 valence electrons. The monoisotopic (exact) mass is 389 g/mol. The molecule has 1 amide bonds. The van der Waals surface area contributed by atoms with Crippen LogP contribution in [0.25, 0.3) is 11.1 Å². The quantitative estimate of drug-likeness (QED) is 0.402. The molecule has 4 aromatic carbocycles. The van der Waals surface area contributed by atoms with Crippen LogP contribution in [-0.4, -0.2) is 17.9 Å². The zero-order valence-electron chi connectivity index (χ0n) is 16.9. The van der Waals surface area contributed by atoms with E-state index in [0.717, 1.165) is 27.8 Å². The number of hydrogen-bond acceptors (Lipinski definition) is 1. The number of benzene rings is 4. The number of fused-ring (bicyclic) bond motifs is 1. The molecule has 4 aromatic rings. The van der Waals surface area contributed by atoms with Crippen molar-refractivity contribution < 1.29 is 4.79 Å². The van der Waals surface area contributed by atoms with E-state index in [1.807, 2.05) is 48.3 Å². The van der Waals surface area contributed by atoms with Crippen molar-refractivity contribution in [2.75, 3.05) is 7.05 Å². The van der Waals surface area contributed by atoms with Crippen LogP contribution < -0.4 is 0 Å². The molecule has 0 unspecified atom stereocenters. The van der Waals surface area contributed by atoms with Gasteiger partial charge in [0.25, 0.3) is 5.91 Å². The minimum Gasteiger partial charge on any atom is -0.334 e. The summed E-state index contributed by atoms with van der Waals surface area (Å²) in [5, 5.41) is 0. The van der Waals surface area contributed by atoms with E-state index in [9.17, 15) is 4.79 Å². The number of rotatable bonds is 3. The third-order valence-corrected chi connectivity index (χ3v) is 6.08. The summed E-state index contributed by atoms with van der Waals surface area (Å²) in [5.74, 6) is 0.139. The Balaban J connectivity index is 1.74. The van der Waals surface area contributed by atoms with E-state index >= 15 is 0 Å². The van der Waals surface area contributed by atoms with E-state index in [2.05, 4.69) is 72.8 Å². The Labute approximate surface area is 177 Å². The lowest BCUT2D eigenvalue weighted by Crippen LogP contribution is -2.40. The van der Waals surface area contributed by atoms with Gasteiger partial charge < -0.3 is 4.90 Å². The van der Waals surface area contributed by atoms with Gasteiger partial charge in [-0.05, 0) is 39.9 Å². The van der Waals surface area contributed by atoms with Crippen molar-refractivity contribution in [2.45, 2.75) is 12.0 Å². The zero-order chi connectivity index (χ0) is 20.5. The van der Waals surface area contributed by atoms with E-state index in [4.69, 9.17) is 0 Å². The van der Waals surface area contributed by atoms with Crippen molar-refractivity contribution in [1.82, 2.24) is 4.90 Å². The van der Waals surface area contributed by atoms with E-state index in [1.54, 1.807) is 0 Å². The highest BCUT2D eigenvalue weighted by molar-refractivity contribution is 5.98. The minimum absolute atomic E-state index is 0.0559. The molecule has 1 heterocycles. The molecule has 1 aliphatic rings. The molecule has 0 aromatic heterocycles. The first kappa shape index (κ1) is 18.4. The number of hydrogen-bond donors (Lipinski definition) is 0. The molecule has 2 atom stereocenters. The molecule has 0 saturated carbocycles. The van der Waals surface area contributed by atoms with E-state index in [1.165, 1.54) is 5.56 Å². The number of carbonyl (C=O) groups excluding carboxylic acids is 1. The Hall–Kier alpha value is -3.65. The summed E-state index contributed by atoms with van der Waals surface area (Å²) in [6, 6.07) is 37.5. The van der Waals surface area contributed by atoms with Crippen LogP contribution in [0.5, 0.6) is 0 Å². The second kappa shape index (κ2) is 7.64. The van der Waals surface area contributed by atoms with Crippen LogP contribution in [0, 0.1) is 0 Å². The molecule has 0 bridgehead atoms. The summed E-state index contributed by atoms with van der Waals surface area (Å²) in [7, 11) is 1.92. The summed E-state index contributed by atoms with van der Waals surface area (Å²) in [6.45, 7) is 0. The van der Waals surface area contributed by atoms with Crippen molar-refractivity contribution >= 4 is 5.91 Å². The molecule has 0 radical (unpaired) electrons. The normalized spacial score (nSPS) is 18.2. The molecule has 2 heteroatoms. The molecule has 1 aliphatic heterocycles. The van der Waals surface area contributed by atoms with Crippen molar-refractivity contribution in [2.24, 2.45) is 0 Å². The number of carbonyl (C=O) groups is 1. The van der Waals surface area contributed by atoms with Gasteiger partial charge in [0.2, 0.25) is 0 Å². The smallest absolute Gasteiger partial charge is 0.254 e. The van der Waals surface area contributed by atoms with Crippen LogP contribution in [0.1, 0.15) is 39.0 Å². The van der Waals surface area contributed by atoms with Crippen LogP contribution in [0.2, 0.25) is 0 Å². The Bertz CT molecular complexity index is 1170. The summed E-state index contributed by atoms with van der Waals surface area (Å²) >= 11 is 0. The Morgan fingerprint density at radius 2 is 1.20 bits per heavy atom. The highest BCUT2D eigenvalue weighted by atomic mass is 16.2. The van der Waals surface area contributed by atoms with Crippen LogP contribution >= 0.6 is 0 Å². The number of likely N-dealkylation sites (N-methyl/N-ethyl adjacent to an activating group) is 1. The minimum atomic E-state index is -0.0559. The maximum atomic E-state index is 13.4. The topological polar surface area (TPSA) is 20.3 Å². The van der Waals surface area contributed by atoms with Gasteiger partial charge in [-0.15, -0.1) is 0 Å². The van der Waals surface area contributed by atoms with Crippen molar-refractivity contribution in [3.8, 4) is 11.1 Å². The third-order valence-electron chi connectivity index (χ3n) is 6.08. The summed E-state index contributed by atoms with van der Waals surface area (Å²) in [4.78, 5) is 15.3. The van der Waals surface area contributed by atoms with Crippen molar-refractivity contribution in [3.05, 3.63) is 131 Å². The molecule has 30 heavy (non-hydrogen) atoms. The SMILES string of the molecule is CN1C(=O)c2ccc(-c3ccccc3)cc2[C@H](c2ccccc2)[C@@H]1c1ccccc1. The molecule has 5 rings (SSSR count). The van der Waals surface area contributed by atoms with Gasteiger partial charge in [-0.25, -0.2) is 0 Å². The molecule has 0 aliphatic carbocycles. The van der Waals surface area contributed by atoms with Crippen LogP contribution in [0.4, 0.5) is 0 Å². The maximum Gasteiger partial charge on any atom is 0.254 e. The molecule has 0 fully saturated rings. The largest absolute Gasteiger partial charge is 0.334 e. The van der Waals surface area contributed by atoms with Crippen molar-refractivity contribution in [3.63, 3.8) is 0 Å². The van der Waals surface area contributed by atoms with Crippen LogP contribution in [0.3, 0.4) is 0 Å². The first-order valence-electron chi connectivity index (χ1n) is 10.3. The summed E-state index contributed by atoms with van der Waals surface area (Å²) in [5.41, 5.74) is 6.56. The second-order valence-electron chi connectivity index (χ2n) is 7.83. The first-order valence-corrected chi connectivity index (χ1v) is 10.3. The maximum absolute atomic E-state index is 13.4. The van der Waals surface area contributed by atoms with Gasteiger partial charge in [-0.1, -0.05) is 97.1 Å². The zero-order valence-corrected chi connectivity index (χ0v) is 16.9. The molecule has 0 saturated heterocycles. The van der Waals surface area contributed by atoms with E-state index in [-0.39, 0.29) is 17.9 Å². The molecular weight excluding hydrogens is 366 g/mol. The van der Waals surface area contributed by atoms with Gasteiger partial charge in [0.1, 0.15) is 0 Å². The standard InChI is InChI=1S/C28H23NO/c1-29-27(22-15-9-4-10-16-22)26(21-13-7-3-8-14-21)25-19-23(17-18-24(25)28(29)30)20-11-5-2-6-12-20/h2-19,26-27H,1H3/t26-,27-/m0/s1. The van der Waals surface area contributed by atoms with Gasteiger partial charge in [-0.3, -0.25) is 4.79 Å². The second-order valence-corrected chi connectivity index (χ2v) is 7.83. The van der Waals surface area contributed by atoms with Gasteiger partial charge >= 0.3 is 0 Å². The molecule has 0 spiro atoms. The molecule has 2 nitrogen and oxygen atoms in total. The lowest BCUT2D eigenvalue weighted by atomic mass is 9.75. The Morgan fingerprint density at radius 3 is 1.83 bits per heavy atom. The predicted molar refractivity (Wildman–Crippen MR) is 121 cm³/mol. The van der Waals surface area contributed by atoms with E-state index in [0.29, 0.717) is 0 Å². The predicted octanol–water partition coefficient (Wildman–Crippen LogP) is 6.31. The third kappa shape index (κ3) is 3.11. The van der Waals surface area contributed by atoms with Gasteiger partial charge in [0, 0.05) is 18.5 Å². The van der Waals surface area contributed by atoms with Gasteiger partial charge in [0.15, 0.2) is 0 Å².